The molecule has 1 aromatic heterocycles. The molecular formula is C15H21N3O. The highest BCUT2D eigenvalue weighted by Gasteiger charge is 2.49. The molecular weight excluding hydrogens is 238 g/mol. The monoisotopic (exact) mass is 259 g/mol. The molecule has 1 spiro atoms. The van der Waals surface area contributed by atoms with E-state index >= 15 is 0 Å². The van der Waals surface area contributed by atoms with E-state index in [1.165, 1.54) is 12.8 Å². The number of carbonyl (C=O) groups is 1. The maximum Gasteiger partial charge on any atom is 0.242 e. The Labute approximate surface area is 114 Å². The molecule has 0 unspecified atom stereocenters. The van der Waals surface area contributed by atoms with Gasteiger partial charge < -0.3 is 10.2 Å². The molecule has 2 aliphatic rings. The highest BCUT2D eigenvalue weighted by atomic mass is 16.2. The van der Waals surface area contributed by atoms with Crippen molar-refractivity contribution in [2.75, 3.05) is 13.1 Å². The standard InChI is InChI=1S/C15H21N3O/c1-14(2)13(19)18(9-12-3-7-16-8-4-12)11-15(5-6-15)10-17-14/h3-4,7-8,17H,5-6,9-11H2,1-2H3. The van der Waals surface area contributed by atoms with Gasteiger partial charge in [0.05, 0.1) is 5.54 Å². The van der Waals surface area contributed by atoms with Gasteiger partial charge in [-0.1, -0.05) is 0 Å². The van der Waals surface area contributed by atoms with E-state index in [4.69, 9.17) is 0 Å². The van der Waals surface area contributed by atoms with Crippen molar-refractivity contribution in [3.63, 3.8) is 0 Å². The number of aromatic nitrogens is 1. The van der Waals surface area contributed by atoms with E-state index in [2.05, 4.69) is 10.3 Å². The maximum atomic E-state index is 12.6. The first kappa shape index (κ1) is 12.6. The Balaban J connectivity index is 1.82. The van der Waals surface area contributed by atoms with Crippen LogP contribution in [0, 0.1) is 5.41 Å². The lowest BCUT2D eigenvalue weighted by Crippen LogP contribution is -2.51. The number of nitrogens with zero attached hydrogens (tertiary/aromatic N) is 2. The molecule has 1 aromatic rings. The molecule has 102 valence electrons. The van der Waals surface area contributed by atoms with Gasteiger partial charge in [0.1, 0.15) is 0 Å². The first-order chi connectivity index (χ1) is 9.01. The summed E-state index contributed by atoms with van der Waals surface area (Å²) in [6.07, 6.45) is 6.04. The van der Waals surface area contributed by atoms with Crippen LogP contribution in [0.25, 0.3) is 0 Å². The van der Waals surface area contributed by atoms with Gasteiger partial charge in [0.2, 0.25) is 5.91 Å². The molecule has 2 fully saturated rings. The number of rotatable bonds is 2. The molecule has 2 heterocycles. The normalized spacial score (nSPS) is 24.3. The fourth-order valence-electron chi connectivity index (χ4n) is 2.76. The lowest BCUT2D eigenvalue weighted by atomic mass is 10.0. The number of pyridine rings is 1. The average Bonchev–Trinajstić information content (AvgIpc) is 3.17. The zero-order valence-electron chi connectivity index (χ0n) is 11.6. The van der Waals surface area contributed by atoms with Gasteiger partial charge in [-0.15, -0.1) is 0 Å². The first-order valence-electron chi connectivity index (χ1n) is 6.94. The molecule has 1 saturated carbocycles. The molecule has 1 saturated heterocycles. The second-order valence-electron chi connectivity index (χ2n) is 6.50. The quantitative estimate of drug-likeness (QED) is 0.877. The number of hydrogen-bond donors (Lipinski definition) is 1. The summed E-state index contributed by atoms with van der Waals surface area (Å²) in [5.74, 6) is 0.202. The summed E-state index contributed by atoms with van der Waals surface area (Å²) in [6.45, 7) is 6.49. The van der Waals surface area contributed by atoms with E-state index in [0.29, 0.717) is 12.0 Å². The van der Waals surface area contributed by atoms with Crippen LogP contribution in [-0.4, -0.2) is 34.4 Å². The number of amides is 1. The Hall–Kier alpha value is -1.42. The lowest BCUT2D eigenvalue weighted by Gasteiger charge is -2.29. The fraction of sp³-hybridized carbons (Fsp3) is 0.600. The summed E-state index contributed by atoms with van der Waals surface area (Å²) in [6, 6.07) is 3.97. The van der Waals surface area contributed by atoms with Crippen molar-refractivity contribution in [1.29, 1.82) is 0 Å². The van der Waals surface area contributed by atoms with Crippen molar-refractivity contribution in [1.82, 2.24) is 15.2 Å². The molecule has 1 N–H and O–H groups in total. The van der Waals surface area contributed by atoms with Crippen molar-refractivity contribution >= 4 is 5.91 Å². The van der Waals surface area contributed by atoms with Gasteiger partial charge in [0.25, 0.3) is 0 Å². The molecule has 0 radical (unpaired) electrons. The molecule has 4 nitrogen and oxygen atoms in total. The summed E-state index contributed by atoms with van der Waals surface area (Å²) in [7, 11) is 0. The minimum Gasteiger partial charge on any atom is -0.336 e. The summed E-state index contributed by atoms with van der Waals surface area (Å²) < 4.78 is 0. The van der Waals surface area contributed by atoms with Crippen LogP contribution < -0.4 is 5.32 Å². The molecule has 3 rings (SSSR count). The predicted molar refractivity (Wildman–Crippen MR) is 73.4 cm³/mol. The fourth-order valence-corrected chi connectivity index (χ4v) is 2.76. The van der Waals surface area contributed by atoms with Crippen LogP contribution in [0.2, 0.25) is 0 Å². The minimum absolute atomic E-state index is 0.202. The van der Waals surface area contributed by atoms with Gasteiger partial charge in [-0.05, 0) is 44.4 Å². The van der Waals surface area contributed by atoms with Crippen LogP contribution >= 0.6 is 0 Å². The third-order valence-corrected chi connectivity index (χ3v) is 4.33. The Bertz CT molecular complexity index is 479. The molecule has 0 atom stereocenters. The third-order valence-electron chi connectivity index (χ3n) is 4.33. The Kier molecular flexibility index (Phi) is 2.86. The second-order valence-corrected chi connectivity index (χ2v) is 6.50. The first-order valence-corrected chi connectivity index (χ1v) is 6.94. The smallest absolute Gasteiger partial charge is 0.242 e. The number of hydrogen-bond acceptors (Lipinski definition) is 3. The largest absolute Gasteiger partial charge is 0.336 e. The van der Waals surface area contributed by atoms with Gasteiger partial charge in [-0.3, -0.25) is 9.78 Å². The molecule has 1 aliphatic carbocycles. The highest BCUT2D eigenvalue weighted by Crippen LogP contribution is 2.47. The average molecular weight is 259 g/mol. The number of nitrogens with one attached hydrogen (secondary N) is 1. The zero-order valence-corrected chi connectivity index (χ0v) is 11.6. The van der Waals surface area contributed by atoms with Crippen LogP contribution in [0.1, 0.15) is 32.3 Å². The molecule has 1 aliphatic heterocycles. The van der Waals surface area contributed by atoms with Crippen LogP contribution in [0.3, 0.4) is 0 Å². The number of carbonyl (C=O) groups excluding carboxylic acids is 1. The summed E-state index contributed by atoms with van der Waals surface area (Å²) in [4.78, 5) is 18.7. The van der Waals surface area contributed by atoms with Crippen LogP contribution in [-0.2, 0) is 11.3 Å². The molecule has 4 heteroatoms. The molecule has 0 bridgehead atoms. The van der Waals surface area contributed by atoms with Crippen molar-refractivity contribution in [3.05, 3.63) is 30.1 Å². The van der Waals surface area contributed by atoms with Gasteiger partial charge in [0.15, 0.2) is 0 Å². The maximum absolute atomic E-state index is 12.6. The lowest BCUT2D eigenvalue weighted by molar-refractivity contribution is -0.137. The molecule has 0 aromatic carbocycles. The van der Waals surface area contributed by atoms with E-state index in [1.807, 2.05) is 30.9 Å². The van der Waals surface area contributed by atoms with Crippen molar-refractivity contribution in [2.24, 2.45) is 5.41 Å². The molecule has 19 heavy (non-hydrogen) atoms. The molecule has 1 amide bonds. The van der Waals surface area contributed by atoms with E-state index in [9.17, 15) is 4.79 Å². The van der Waals surface area contributed by atoms with E-state index < -0.39 is 5.54 Å². The van der Waals surface area contributed by atoms with Crippen LogP contribution in [0.5, 0.6) is 0 Å². The van der Waals surface area contributed by atoms with Gasteiger partial charge in [0, 0.05) is 37.4 Å². The van der Waals surface area contributed by atoms with Crippen molar-refractivity contribution in [3.8, 4) is 0 Å². The minimum atomic E-state index is -0.459. The second kappa shape index (κ2) is 4.30. The Morgan fingerprint density at radius 3 is 2.63 bits per heavy atom. The van der Waals surface area contributed by atoms with E-state index in [1.54, 1.807) is 12.4 Å². The van der Waals surface area contributed by atoms with E-state index in [0.717, 1.165) is 18.7 Å². The predicted octanol–water partition coefficient (Wildman–Crippen LogP) is 1.57. The topological polar surface area (TPSA) is 45.2 Å². The zero-order chi connectivity index (χ0) is 13.5. The van der Waals surface area contributed by atoms with Crippen molar-refractivity contribution < 1.29 is 4.79 Å². The van der Waals surface area contributed by atoms with Gasteiger partial charge >= 0.3 is 0 Å². The summed E-state index contributed by atoms with van der Waals surface area (Å²) in [5.41, 5.74) is 1.02. The third kappa shape index (κ3) is 2.50. The summed E-state index contributed by atoms with van der Waals surface area (Å²) in [5, 5.41) is 3.44. The van der Waals surface area contributed by atoms with Crippen molar-refractivity contribution in [2.45, 2.75) is 38.8 Å². The van der Waals surface area contributed by atoms with Crippen LogP contribution in [0.4, 0.5) is 0 Å². The van der Waals surface area contributed by atoms with E-state index in [-0.39, 0.29) is 5.91 Å². The van der Waals surface area contributed by atoms with Crippen LogP contribution in [0.15, 0.2) is 24.5 Å². The SMILES string of the molecule is CC1(C)NCC2(CC2)CN(Cc2ccncc2)C1=O. The van der Waals surface area contributed by atoms with Gasteiger partial charge in [-0.25, -0.2) is 0 Å². The summed E-state index contributed by atoms with van der Waals surface area (Å²) >= 11 is 0. The Morgan fingerprint density at radius 1 is 1.32 bits per heavy atom. The highest BCUT2D eigenvalue weighted by molar-refractivity contribution is 5.86. The van der Waals surface area contributed by atoms with Gasteiger partial charge in [-0.2, -0.15) is 0 Å². The Morgan fingerprint density at radius 2 is 2.00 bits per heavy atom.